The van der Waals surface area contributed by atoms with Crippen LogP contribution in [0.4, 0.5) is 0 Å². The third kappa shape index (κ3) is 4.10. The predicted molar refractivity (Wildman–Crippen MR) is 109 cm³/mol. The zero-order valence-electron chi connectivity index (χ0n) is 17.2. The average molecular weight is 386 g/mol. The maximum absolute atomic E-state index is 13.1. The number of amides is 1. The van der Waals surface area contributed by atoms with Gasteiger partial charge in [-0.2, -0.15) is 5.10 Å². The Balaban J connectivity index is 1.73. The van der Waals surface area contributed by atoms with E-state index >= 15 is 0 Å². The van der Waals surface area contributed by atoms with Gasteiger partial charge >= 0.3 is 0 Å². The summed E-state index contributed by atoms with van der Waals surface area (Å²) in [7, 11) is 1.74. The van der Waals surface area contributed by atoms with Gasteiger partial charge in [-0.05, 0) is 32.4 Å². The van der Waals surface area contributed by atoms with E-state index in [2.05, 4.69) is 35.4 Å². The van der Waals surface area contributed by atoms with E-state index in [4.69, 9.17) is 4.74 Å². The fourth-order valence-corrected chi connectivity index (χ4v) is 3.89. The fraction of sp³-hybridized carbons (Fsp3) is 0.571. The molecule has 0 aromatic carbocycles. The van der Waals surface area contributed by atoms with Crippen molar-refractivity contribution in [2.45, 2.75) is 45.3 Å². The average Bonchev–Trinajstić information content (AvgIpc) is 3.15. The number of piperidine rings is 1. The summed E-state index contributed by atoms with van der Waals surface area (Å²) in [5.41, 5.74) is 2.06. The molecule has 0 unspecified atom stereocenters. The molecule has 28 heavy (non-hydrogen) atoms. The molecule has 7 heteroatoms. The Hall–Kier alpha value is -2.25. The van der Waals surface area contributed by atoms with Crippen LogP contribution in [0.1, 0.15) is 49.0 Å². The molecule has 1 fully saturated rings. The van der Waals surface area contributed by atoms with Crippen molar-refractivity contribution in [3.63, 3.8) is 0 Å². The van der Waals surface area contributed by atoms with Gasteiger partial charge in [-0.25, -0.2) is 9.50 Å². The zero-order valence-corrected chi connectivity index (χ0v) is 17.2. The third-order valence-electron chi connectivity index (χ3n) is 5.85. The van der Waals surface area contributed by atoms with Crippen LogP contribution in [0.5, 0.6) is 0 Å². The number of rotatable bonds is 8. The molecule has 7 nitrogen and oxygen atoms in total. The van der Waals surface area contributed by atoms with E-state index in [0.29, 0.717) is 24.3 Å². The van der Waals surface area contributed by atoms with Gasteiger partial charge in [-0.1, -0.05) is 19.9 Å². The van der Waals surface area contributed by atoms with Crippen molar-refractivity contribution >= 4 is 11.6 Å². The highest BCUT2D eigenvalue weighted by atomic mass is 16.5. The molecule has 1 aliphatic rings. The summed E-state index contributed by atoms with van der Waals surface area (Å²) in [5.74, 6) is -0.0118. The van der Waals surface area contributed by atoms with Crippen LogP contribution in [-0.2, 0) is 11.3 Å². The number of ether oxygens (including phenoxy) is 1. The summed E-state index contributed by atoms with van der Waals surface area (Å²) in [4.78, 5) is 21.8. The summed E-state index contributed by atoms with van der Waals surface area (Å²) in [6, 6.07) is 0. The summed E-state index contributed by atoms with van der Waals surface area (Å²) in [6.45, 7) is 12.3. The molecule has 0 bridgehead atoms. The van der Waals surface area contributed by atoms with Crippen molar-refractivity contribution in [1.29, 1.82) is 0 Å². The van der Waals surface area contributed by atoms with E-state index in [1.807, 2.05) is 23.4 Å². The molecular formula is C21H31N5O2. The molecule has 3 rings (SSSR count). The van der Waals surface area contributed by atoms with Crippen LogP contribution in [0.3, 0.4) is 0 Å². The number of carbonyl (C=O) groups excluding carboxylic acids is 1. The largest absolute Gasteiger partial charge is 0.378 e. The molecule has 1 amide bonds. The SMILES string of the molecule is C=CCC1(OC)CCN(C(=O)c2cnn3cc(CN(CC)CC)cnc23)CC1. The Morgan fingerprint density at radius 2 is 2.04 bits per heavy atom. The topological polar surface area (TPSA) is 63.0 Å². The van der Waals surface area contributed by atoms with Crippen LogP contribution in [0.25, 0.3) is 5.65 Å². The zero-order chi connectivity index (χ0) is 20.1. The second-order valence-electron chi connectivity index (χ2n) is 7.42. The number of likely N-dealkylation sites (tertiary alicyclic amines) is 1. The fourth-order valence-electron chi connectivity index (χ4n) is 3.89. The normalized spacial score (nSPS) is 16.6. The number of nitrogens with zero attached hydrogens (tertiary/aromatic N) is 5. The number of fused-ring (bicyclic) bond motifs is 1. The van der Waals surface area contributed by atoms with E-state index < -0.39 is 0 Å². The first kappa shape index (κ1) is 20.5. The van der Waals surface area contributed by atoms with Crippen molar-refractivity contribution in [2.75, 3.05) is 33.3 Å². The van der Waals surface area contributed by atoms with Crippen LogP contribution < -0.4 is 0 Å². The first-order valence-corrected chi connectivity index (χ1v) is 10.1. The van der Waals surface area contributed by atoms with Crippen LogP contribution in [0.15, 0.2) is 31.2 Å². The second-order valence-corrected chi connectivity index (χ2v) is 7.42. The Morgan fingerprint density at radius 3 is 2.64 bits per heavy atom. The van der Waals surface area contributed by atoms with Crippen LogP contribution >= 0.6 is 0 Å². The van der Waals surface area contributed by atoms with Gasteiger partial charge in [0.25, 0.3) is 5.91 Å². The van der Waals surface area contributed by atoms with Crippen molar-refractivity contribution in [1.82, 2.24) is 24.4 Å². The smallest absolute Gasteiger partial charge is 0.259 e. The maximum atomic E-state index is 13.1. The molecular weight excluding hydrogens is 354 g/mol. The quantitative estimate of drug-likeness (QED) is 0.654. The molecule has 2 aromatic heterocycles. The molecule has 0 spiro atoms. The minimum Gasteiger partial charge on any atom is -0.378 e. The molecule has 152 valence electrons. The summed E-state index contributed by atoms with van der Waals surface area (Å²) in [5, 5.41) is 4.38. The Morgan fingerprint density at radius 1 is 1.32 bits per heavy atom. The first-order chi connectivity index (χ1) is 13.6. The summed E-state index contributed by atoms with van der Waals surface area (Å²) < 4.78 is 7.44. The number of methoxy groups -OCH3 is 1. The summed E-state index contributed by atoms with van der Waals surface area (Å²) in [6.07, 6.45) is 9.76. The molecule has 1 saturated heterocycles. The molecule has 3 heterocycles. The molecule has 0 N–H and O–H groups in total. The highest BCUT2D eigenvalue weighted by Crippen LogP contribution is 2.30. The highest BCUT2D eigenvalue weighted by molar-refractivity contribution is 5.99. The van der Waals surface area contributed by atoms with E-state index in [1.165, 1.54) is 0 Å². The van der Waals surface area contributed by atoms with E-state index in [1.54, 1.807) is 17.8 Å². The Bertz CT molecular complexity index is 819. The lowest BCUT2D eigenvalue weighted by Gasteiger charge is -2.40. The maximum Gasteiger partial charge on any atom is 0.259 e. The Kier molecular flexibility index (Phi) is 6.46. The van der Waals surface area contributed by atoms with Gasteiger partial charge in [0.2, 0.25) is 0 Å². The number of carbonyl (C=O) groups is 1. The van der Waals surface area contributed by atoms with E-state index in [0.717, 1.165) is 44.5 Å². The van der Waals surface area contributed by atoms with Crippen LogP contribution in [-0.4, -0.2) is 69.2 Å². The van der Waals surface area contributed by atoms with Crippen LogP contribution in [0, 0.1) is 0 Å². The number of aromatic nitrogens is 3. The van der Waals surface area contributed by atoms with Gasteiger partial charge in [0.1, 0.15) is 5.56 Å². The molecule has 1 aliphatic heterocycles. The van der Waals surface area contributed by atoms with Crippen molar-refractivity contribution in [3.8, 4) is 0 Å². The van der Waals surface area contributed by atoms with Crippen LogP contribution in [0.2, 0.25) is 0 Å². The van der Waals surface area contributed by atoms with Gasteiger partial charge in [0, 0.05) is 44.7 Å². The highest BCUT2D eigenvalue weighted by Gasteiger charge is 2.35. The van der Waals surface area contributed by atoms with Gasteiger partial charge in [0.15, 0.2) is 5.65 Å². The molecule has 0 aliphatic carbocycles. The second kappa shape index (κ2) is 8.84. The first-order valence-electron chi connectivity index (χ1n) is 10.1. The van der Waals surface area contributed by atoms with Gasteiger partial charge in [0.05, 0.1) is 11.8 Å². The van der Waals surface area contributed by atoms with Crippen molar-refractivity contribution in [3.05, 3.63) is 42.4 Å². The number of hydrogen-bond donors (Lipinski definition) is 0. The molecule has 0 saturated carbocycles. The van der Waals surface area contributed by atoms with E-state index in [9.17, 15) is 4.79 Å². The lowest BCUT2D eigenvalue weighted by molar-refractivity contribution is -0.0497. The van der Waals surface area contributed by atoms with Crippen molar-refractivity contribution < 1.29 is 9.53 Å². The lowest BCUT2D eigenvalue weighted by Crippen LogP contribution is -2.47. The van der Waals surface area contributed by atoms with E-state index in [-0.39, 0.29) is 11.5 Å². The van der Waals surface area contributed by atoms with Crippen molar-refractivity contribution in [2.24, 2.45) is 0 Å². The standard InChI is InChI=1S/C21H31N5O2/c1-5-8-21(28-4)9-11-25(12-10-21)20(27)18-14-23-26-16-17(13-22-19(18)26)15-24(6-2)7-3/h5,13-14,16H,1,6-12,15H2,2-4H3. The third-order valence-corrected chi connectivity index (χ3v) is 5.85. The lowest BCUT2D eigenvalue weighted by atomic mass is 9.87. The summed E-state index contributed by atoms with van der Waals surface area (Å²) >= 11 is 0. The van der Waals surface area contributed by atoms with Gasteiger partial charge in [-0.3, -0.25) is 9.69 Å². The van der Waals surface area contributed by atoms with Gasteiger partial charge in [-0.15, -0.1) is 6.58 Å². The number of hydrogen-bond acceptors (Lipinski definition) is 5. The predicted octanol–water partition coefficient (Wildman–Crippen LogP) is 2.77. The van der Waals surface area contributed by atoms with Gasteiger partial charge < -0.3 is 9.64 Å². The minimum atomic E-state index is -0.197. The monoisotopic (exact) mass is 385 g/mol. The molecule has 0 atom stereocenters. The molecule has 2 aromatic rings. The molecule has 0 radical (unpaired) electrons. The Labute approximate surface area is 167 Å². The minimum absolute atomic E-state index is 0.0118.